The highest BCUT2D eigenvalue weighted by molar-refractivity contribution is 6.35. The van der Waals surface area contributed by atoms with Gasteiger partial charge in [0.1, 0.15) is 0 Å². The Balaban J connectivity index is 2.07. The molecule has 0 aromatic heterocycles. The minimum absolute atomic E-state index is 0.242. The third-order valence-electron chi connectivity index (χ3n) is 3.45. The summed E-state index contributed by atoms with van der Waals surface area (Å²) >= 11 is 11.9. The van der Waals surface area contributed by atoms with Crippen molar-refractivity contribution >= 4 is 46.4 Å². The van der Waals surface area contributed by atoms with E-state index in [1.54, 1.807) is 50.2 Å². The smallest absolute Gasteiger partial charge is 0.272 e. The molecule has 2 N–H and O–H groups in total. The molecule has 0 heterocycles. The van der Waals surface area contributed by atoms with Crippen LogP contribution < -0.4 is 10.7 Å². The molecule has 0 unspecified atom stereocenters. The zero-order valence-corrected chi connectivity index (χ0v) is 15.8. The van der Waals surface area contributed by atoms with E-state index in [-0.39, 0.29) is 16.5 Å². The first-order valence-electron chi connectivity index (χ1n) is 7.65. The van der Waals surface area contributed by atoms with Crippen LogP contribution in [0.1, 0.15) is 29.8 Å². The Bertz CT molecular complexity index is 890. The van der Waals surface area contributed by atoms with E-state index in [1.165, 1.54) is 6.07 Å². The Morgan fingerprint density at radius 2 is 1.69 bits per heavy atom. The number of hydrazone groups is 1. The van der Waals surface area contributed by atoms with Crippen molar-refractivity contribution in [3.05, 3.63) is 75.8 Å². The first-order chi connectivity index (χ1) is 12.3. The van der Waals surface area contributed by atoms with Gasteiger partial charge in [-0.15, -0.1) is 0 Å². The predicted molar refractivity (Wildman–Crippen MR) is 106 cm³/mol. The lowest BCUT2D eigenvalue weighted by atomic mass is 10.1. The van der Waals surface area contributed by atoms with Crippen molar-refractivity contribution in [3.8, 4) is 0 Å². The first-order valence-corrected chi connectivity index (χ1v) is 8.40. The molecule has 2 aromatic rings. The number of amides is 2. The molecule has 2 rings (SSSR count). The number of halogens is 2. The van der Waals surface area contributed by atoms with E-state index in [4.69, 9.17) is 23.2 Å². The quantitative estimate of drug-likeness (QED) is 0.443. The number of benzene rings is 2. The highest BCUT2D eigenvalue weighted by Gasteiger charge is 2.10. The summed E-state index contributed by atoms with van der Waals surface area (Å²) in [6.45, 7) is 6.97. The molecule has 0 aliphatic carbocycles. The molecule has 0 atom stereocenters. The molecule has 0 spiro atoms. The van der Waals surface area contributed by atoms with Gasteiger partial charge in [-0.1, -0.05) is 41.9 Å². The molecule has 2 amide bonds. The molecule has 0 saturated carbocycles. The number of carbonyl (C=O) groups excluding carboxylic acids is 2. The van der Waals surface area contributed by atoms with Crippen molar-refractivity contribution in [2.45, 2.75) is 13.8 Å². The Labute approximate surface area is 161 Å². The summed E-state index contributed by atoms with van der Waals surface area (Å²) in [5.74, 6) is -0.698. The molecule has 7 heteroatoms. The van der Waals surface area contributed by atoms with Crippen LogP contribution >= 0.6 is 23.2 Å². The molecule has 134 valence electrons. The SMILES string of the molecule is C=C(C)C(=O)Nc1ccc(/C(C)=N\NC(=O)c2cc(Cl)ccc2Cl)cc1. The second-order valence-corrected chi connectivity index (χ2v) is 6.42. The molecular formula is C19H17Cl2N3O2. The topological polar surface area (TPSA) is 70.6 Å². The zero-order chi connectivity index (χ0) is 19.3. The van der Waals surface area contributed by atoms with Crippen LogP contribution in [0, 0.1) is 0 Å². The van der Waals surface area contributed by atoms with Gasteiger partial charge in [0.05, 0.1) is 16.3 Å². The van der Waals surface area contributed by atoms with Crippen molar-refractivity contribution in [3.63, 3.8) is 0 Å². The van der Waals surface area contributed by atoms with Crippen LogP contribution in [-0.2, 0) is 4.79 Å². The maximum Gasteiger partial charge on any atom is 0.272 e. The van der Waals surface area contributed by atoms with Gasteiger partial charge >= 0.3 is 0 Å². The summed E-state index contributed by atoms with van der Waals surface area (Å²) < 4.78 is 0. The van der Waals surface area contributed by atoms with E-state index >= 15 is 0 Å². The third-order valence-corrected chi connectivity index (χ3v) is 4.01. The van der Waals surface area contributed by atoms with E-state index < -0.39 is 5.91 Å². The Hall–Kier alpha value is -2.63. The summed E-state index contributed by atoms with van der Waals surface area (Å²) in [4.78, 5) is 23.8. The third kappa shape index (κ3) is 5.18. The van der Waals surface area contributed by atoms with Crippen LogP contribution in [-0.4, -0.2) is 17.5 Å². The zero-order valence-electron chi connectivity index (χ0n) is 14.3. The van der Waals surface area contributed by atoms with Gasteiger partial charge in [-0.3, -0.25) is 9.59 Å². The summed E-state index contributed by atoms with van der Waals surface area (Å²) in [6.07, 6.45) is 0. The van der Waals surface area contributed by atoms with E-state index in [2.05, 4.69) is 22.4 Å². The average Bonchev–Trinajstić information content (AvgIpc) is 2.61. The van der Waals surface area contributed by atoms with Crippen LogP contribution in [0.25, 0.3) is 0 Å². The fraction of sp³-hybridized carbons (Fsp3) is 0.105. The highest BCUT2D eigenvalue weighted by atomic mass is 35.5. The van der Waals surface area contributed by atoms with E-state index in [0.29, 0.717) is 22.0 Å². The Morgan fingerprint density at radius 3 is 2.31 bits per heavy atom. The second kappa shape index (κ2) is 8.65. The van der Waals surface area contributed by atoms with Gasteiger partial charge in [0, 0.05) is 16.3 Å². The average molecular weight is 390 g/mol. The summed E-state index contributed by atoms with van der Waals surface area (Å²) in [5, 5.41) is 7.49. The van der Waals surface area contributed by atoms with Crippen molar-refractivity contribution < 1.29 is 9.59 Å². The van der Waals surface area contributed by atoms with Gasteiger partial charge in [0.2, 0.25) is 0 Å². The van der Waals surface area contributed by atoms with Crippen molar-refractivity contribution in [1.82, 2.24) is 5.43 Å². The molecule has 0 saturated heterocycles. The van der Waals surface area contributed by atoms with E-state index in [0.717, 1.165) is 5.56 Å². The largest absolute Gasteiger partial charge is 0.322 e. The lowest BCUT2D eigenvalue weighted by Gasteiger charge is -2.07. The number of hydrogen-bond acceptors (Lipinski definition) is 3. The number of nitrogens with zero attached hydrogens (tertiary/aromatic N) is 1. The van der Waals surface area contributed by atoms with Crippen molar-refractivity contribution in [2.75, 3.05) is 5.32 Å². The van der Waals surface area contributed by atoms with Crippen LogP contribution in [0.3, 0.4) is 0 Å². The number of rotatable bonds is 5. The minimum Gasteiger partial charge on any atom is -0.322 e. The first kappa shape index (κ1) is 19.7. The lowest BCUT2D eigenvalue weighted by molar-refractivity contribution is -0.112. The van der Waals surface area contributed by atoms with Gasteiger partial charge in [0.15, 0.2) is 0 Å². The van der Waals surface area contributed by atoms with Gasteiger partial charge in [-0.2, -0.15) is 5.10 Å². The van der Waals surface area contributed by atoms with Crippen molar-refractivity contribution in [2.24, 2.45) is 5.10 Å². The van der Waals surface area contributed by atoms with Crippen LogP contribution in [0.2, 0.25) is 10.0 Å². The predicted octanol–water partition coefficient (Wildman–Crippen LogP) is 4.66. The molecule has 0 fully saturated rings. The van der Waals surface area contributed by atoms with Gasteiger partial charge in [0.25, 0.3) is 11.8 Å². The molecule has 5 nitrogen and oxygen atoms in total. The number of anilines is 1. The van der Waals surface area contributed by atoms with Gasteiger partial charge in [-0.05, 0) is 49.7 Å². The summed E-state index contributed by atoms with van der Waals surface area (Å²) in [6, 6.07) is 11.7. The molecule has 2 aromatic carbocycles. The van der Waals surface area contributed by atoms with Crippen LogP contribution in [0.4, 0.5) is 5.69 Å². The van der Waals surface area contributed by atoms with E-state index in [9.17, 15) is 9.59 Å². The van der Waals surface area contributed by atoms with Crippen LogP contribution in [0.5, 0.6) is 0 Å². The molecule has 0 bridgehead atoms. The molecular weight excluding hydrogens is 373 g/mol. The number of nitrogens with one attached hydrogen (secondary N) is 2. The van der Waals surface area contributed by atoms with Crippen molar-refractivity contribution in [1.29, 1.82) is 0 Å². The highest BCUT2D eigenvalue weighted by Crippen LogP contribution is 2.20. The normalized spacial score (nSPS) is 11.0. The van der Waals surface area contributed by atoms with Crippen LogP contribution in [0.15, 0.2) is 59.7 Å². The van der Waals surface area contributed by atoms with Gasteiger partial charge in [-0.25, -0.2) is 5.43 Å². The second-order valence-electron chi connectivity index (χ2n) is 5.57. The number of carbonyl (C=O) groups is 2. The summed E-state index contributed by atoms with van der Waals surface area (Å²) in [7, 11) is 0. The number of hydrogen-bond donors (Lipinski definition) is 2. The lowest BCUT2D eigenvalue weighted by Crippen LogP contribution is -2.19. The minimum atomic E-state index is -0.456. The standard InChI is InChI=1S/C19H17Cl2N3O2/c1-11(2)18(25)22-15-7-4-13(5-8-15)12(3)23-24-19(26)16-10-14(20)6-9-17(16)21/h4-10H,1H2,2-3H3,(H,22,25)(H,24,26)/b23-12-. The molecule has 0 aliphatic rings. The maximum absolute atomic E-state index is 12.2. The monoisotopic (exact) mass is 389 g/mol. The Kier molecular flexibility index (Phi) is 6.55. The van der Waals surface area contributed by atoms with Gasteiger partial charge < -0.3 is 5.32 Å². The maximum atomic E-state index is 12.2. The fourth-order valence-corrected chi connectivity index (χ4v) is 2.34. The van der Waals surface area contributed by atoms with E-state index in [1.807, 2.05) is 0 Å². The molecule has 26 heavy (non-hydrogen) atoms. The Morgan fingerprint density at radius 1 is 1.04 bits per heavy atom. The molecule has 0 radical (unpaired) electrons. The fourth-order valence-electron chi connectivity index (χ4n) is 1.96. The summed E-state index contributed by atoms with van der Waals surface area (Å²) in [5.41, 5.74) is 5.14. The molecule has 0 aliphatic heterocycles.